The lowest BCUT2D eigenvalue weighted by atomic mass is 10.0. The summed E-state index contributed by atoms with van der Waals surface area (Å²) in [6.45, 7) is 5.50. The average molecular weight is 254 g/mol. The molecule has 100 valence electrons. The smallest absolute Gasteiger partial charge is 0.326 e. The van der Waals surface area contributed by atoms with Crippen molar-refractivity contribution in [2.24, 2.45) is 13.0 Å². The number of rotatable bonds is 5. The van der Waals surface area contributed by atoms with Crippen molar-refractivity contribution in [3.63, 3.8) is 0 Å². The number of carboxylic acid groups (broad SMARTS) is 1. The minimum atomic E-state index is -1.04. The number of carbonyl (C=O) groups excluding carboxylic acids is 1. The van der Waals surface area contributed by atoms with Crippen LogP contribution in [0.4, 0.5) is 0 Å². The Hall–Kier alpha value is -1.92. The quantitative estimate of drug-likeness (QED) is 0.790. The first-order valence-electron chi connectivity index (χ1n) is 5.72. The summed E-state index contributed by atoms with van der Waals surface area (Å²) < 4.78 is 1.47. The van der Waals surface area contributed by atoms with Crippen LogP contribution in [0, 0.1) is 12.8 Å². The van der Waals surface area contributed by atoms with E-state index in [1.807, 2.05) is 13.8 Å². The van der Waals surface area contributed by atoms with Crippen molar-refractivity contribution in [1.29, 1.82) is 0 Å². The molecule has 1 atom stereocenters. The molecular formula is C11H18N4O3. The van der Waals surface area contributed by atoms with Crippen molar-refractivity contribution in [2.75, 3.05) is 0 Å². The van der Waals surface area contributed by atoms with Gasteiger partial charge in [-0.2, -0.15) is 0 Å². The van der Waals surface area contributed by atoms with E-state index in [0.717, 1.165) is 0 Å². The van der Waals surface area contributed by atoms with Crippen LogP contribution >= 0.6 is 0 Å². The molecule has 0 spiro atoms. The van der Waals surface area contributed by atoms with Crippen LogP contribution in [0.25, 0.3) is 0 Å². The molecule has 0 fully saturated rings. The molecular weight excluding hydrogens is 236 g/mol. The van der Waals surface area contributed by atoms with Gasteiger partial charge >= 0.3 is 5.97 Å². The molecule has 1 unspecified atom stereocenters. The summed E-state index contributed by atoms with van der Waals surface area (Å²) in [7, 11) is 1.67. The predicted molar refractivity (Wildman–Crippen MR) is 64.1 cm³/mol. The number of carboxylic acids is 1. The zero-order valence-electron chi connectivity index (χ0n) is 11.0. The van der Waals surface area contributed by atoms with E-state index in [9.17, 15) is 9.59 Å². The molecule has 1 amide bonds. The number of aromatic nitrogens is 3. The molecule has 1 heterocycles. The molecule has 0 aliphatic rings. The van der Waals surface area contributed by atoms with Gasteiger partial charge in [0.1, 0.15) is 6.04 Å². The Labute approximate surface area is 105 Å². The van der Waals surface area contributed by atoms with E-state index >= 15 is 0 Å². The fourth-order valence-corrected chi connectivity index (χ4v) is 1.53. The zero-order chi connectivity index (χ0) is 13.9. The molecule has 7 nitrogen and oxygen atoms in total. The maximum Gasteiger partial charge on any atom is 0.326 e. The van der Waals surface area contributed by atoms with Crippen molar-refractivity contribution in [2.45, 2.75) is 33.2 Å². The maximum absolute atomic E-state index is 11.9. The third kappa shape index (κ3) is 3.28. The molecule has 0 saturated heterocycles. The number of hydrogen-bond donors (Lipinski definition) is 2. The molecule has 0 radical (unpaired) electrons. The molecule has 18 heavy (non-hydrogen) atoms. The third-order valence-electron chi connectivity index (χ3n) is 2.63. The SMILES string of the molecule is Cc1c(C(=O)NC(CC(C)C)C(=O)O)nnn1C. The monoisotopic (exact) mass is 254 g/mol. The highest BCUT2D eigenvalue weighted by Gasteiger charge is 2.24. The van der Waals surface area contributed by atoms with Gasteiger partial charge in [0.25, 0.3) is 5.91 Å². The second kappa shape index (κ2) is 5.61. The molecule has 1 aromatic heterocycles. The van der Waals surface area contributed by atoms with Crippen LogP contribution in [-0.4, -0.2) is 38.0 Å². The molecule has 1 aromatic rings. The van der Waals surface area contributed by atoms with Gasteiger partial charge in [-0.05, 0) is 19.3 Å². The fraction of sp³-hybridized carbons (Fsp3) is 0.636. The molecule has 0 aliphatic carbocycles. The highest BCUT2D eigenvalue weighted by atomic mass is 16.4. The van der Waals surface area contributed by atoms with Crippen LogP contribution in [-0.2, 0) is 11.8 Å². The van der Waals surface area contributed by atoms with Gasteiger partial charge in [-0.1, -0.05) is 19.1 Å². The van der Waals surface area contributed by atoms with Crippen molar-refractivity contribution >= 4 is 11.9 Å². The number of nitrogens with zero attached hydrogens (tertiary/aromatic N) is 3. The standard InChI is InChI=1S/C11H18N4O3/c1-6(2)5-8(11(17)18)12-10(16)9-7(3)15(4)14-13-9/h6,8H,5H2,1-4H3,(H,12,16)(H,17,18). The molecule has 1 rings (SSSR count). The third-order valence-corrected chi connectivity index (χ3v) is 2.63. The first-order valence-corrected chi connectivity index (χ1v) is 5.72. The minimum Gasteiger partial charge on any atom is -0.480 e. The normalized spacial score (nSPS) is 12.5. The average Bonchev–Trinajstić information content (AvgIpc) is 2.58. The van der Waals surface area contributed by atoms with E-state index < -0.39 is 17.9 Å². The topological polar surface area (TPSA) is 97.1 Å². The lowest BCUT2D eigenvalue weighted by Gasteiger charge is -2.15. The summed E-state index contributed by atoms with van der Waals surface area (Å²) in [5.74, 6) is -1.37. The Balaban J connectivity index is 2.79. The van der Waals surface area contributed by atoms with Crippen LogP contribution in [0.15, 0.2) is 0 Å². The molecule has 7 heteroatoms. The summed E-state index contributed by atoms with van der Waals surface area (Å²) in [4.78, 5) is 22.9. The number of hydrogen-bond acceptors (Lipinski definition) is 4. The van der Waals surface area contributed by atoms with E-state index in [4.69, 9.17) is 5.11 Å². The van der Waals surface area contributed by atoms with Crippen molar-refractivity contribution in [3.8, 4) is 0 Å². The largest absolute Gasteiger partial charge is 0.480 e. The number of carbonyl (C=O) groups is 2. The summed E-state index contributed by atoms with van der Waals surface area (Å²) in [5.41, 5.74) is 0.758. The van der Waals surface area contributed by atoms with Gasteiger partial charge in [-0.3, -0.25) is 9.48 Å². The number of aliphatic carboxylic acids is 1. The van der Waals surface area contributed by atoms with Gasteiger partial charge in [0.15, 0.2) is 5.69 Å². The zero-order valence-corrected chi connectivity index (χ0v) is 11.0. The van der Waals surface area contributed by atoms with E-state index in [-0.39, 0.29) is 11.6 Å². The molecule has 2 N–H and O–H groups in total. The van der Waals surface area contributed by atoms with Crippen LogP contribution in [0.1, 0.15) is 36.5 Å². The van der Waals surface area contributed by atoms with E-state index in [0.29, 0.717) is 12.1 Å². The Morgan fingerprint density at radius 2 is 2.06 bits per heavy atom. The fourth-order valence-electron chi connectivity index (χ4n) is 1.53. The Morgan fingerprint density at radius 3 is 2.44 bits per heavy atom. The van der Waals surface area contributed by atoms with Gasteiger partial charge in [0.05, 0.1) is 5.69 Å². The van der Waals surface area contributed by atoms with Crippen LogP contribution in [0.5, 0.6) is 0 Å². The predicted octanol–water partition coefficient (Wildman–Crippen LogP) is 0.353. The lowest BCUT2D eigenvalue weighted by Crippen LogP contribution is -2.42. The van der Waals surface area contributed by atoms with Gasteiger partial charge in [-0.15, -0.1) is 5.10 Å². The molecule has 0 saturated carbocycles. The van der Waals surface area contributed by atoms with E-state index in [1.54, 1.807) is 14.0 Å². The van der Waals surface area contributed by atoms with Gasteiger partial charge < -0.3 is 10.4 Å². The molecule has 0 bridgehead atoms. The van der Waals surface area contributed by atoms with Gasteiger partial charge in [0, 0.05) is 7.05 Å². The molecule has 0 aromatic carbocycles. The second-order valence-electron chi connectivity index (χ2n) is 4.64. The van der Waals surface area contributed by atoms with Gasteiger partial charge in [-0.25, -0.2) is 4.79 Å². The summed E-state index contributed by atoms with van der Waals surface area (Å²) in [6.07, 6.45) is 0.375. The summed E-state index contributed by atoms with van der Waals surface area (Å²) in [6, 6.07) is -0.904. The highest BCUT2D eigenvalue weighted by Crippen LogP contribution is 2.07. The highest BCUT2D eigenvalue weighted by molar-refractivity contribution is 5.95. The van der Waals surface area contributed by atoms with Crippen molar-refractivity contribution in [1.82, 2.24) is 20.3 Å². The number of amides is 1. The first-order chi connectivity index (χ1) is 8.32. The minimum absolute atomic E-state index is 0.160. The van der Waals surface area contributed by atoms with Gasteiger partial charge in [0.2, 0.25) is 0 Å². The lowest BCUT2D eigenvalue weighted by molar-refractivity contribution is -0.139. The maximum atomic E-state index is 11.9. The molecule has 0 aliphatic heterocycles. The Kier molecular flexibility index (Phi) is 4.41. The van der Waals surface area contributed by atoms with Crippen LogP contribution in [0.3, 0.4) is 0 Å². The second-order valence-corrected chi connectivity index (χ2v) is 4.64. The summed E-state index contributed by atoms with van der Waals surface area (Å²) in [5, 5.41) is 18.9. The Bertz CT molecular complexity index is 453. The van der Waals surface area contributed by atoms with E-state index in [2.05, 4.69) is 15.6 Å². The van der Waals surface area contributed by atoms with Crippen LogP contribution in [0.2, 0.25) is 0 Å². The first kappa shape index (κ1) is 14.1. The summed E-state index contributed by atoms with van der Waals surface area (Å²) >= 11 is 0. The van der Waals surface area contributed by atoms with Crippen molar-refractivity contribution in [3.05, 3.63) is 11.4 Å². The van der Waals surface area contributed by atoms with E-state index in [1.165, 1.54) is 4.68 Å². The van der Waals surface area contributed by atoms with Crippen molar-refractivity contribution < 1.29 is 14.7 Å². The number of nitrogens with one attached hydrogen (secondary N) is 1. The Morgan fingerprint density at radius 1 is 1.44 bits per heavy atom. The number of aryl methyl sites for hydroxylation is 1. The van der Waals surface area contributed by atoms with Crippen LogP contribution < -0.4 is 5.32 Å².